The average molecular weight is 520 g/mol. The molecule has 3 N–H and O–H groups in total. The number of carbonyl (C=O) groups is 2. The number of nitrogens with one attached hydrogen (secondary N) is 1. The van der Waals surface area contributed by atoms with E-state index in [4.69, 9.17) is 31.4 Å². The van der Waals surface area contributed by atoms with E-state index in [2.05, 4.69) is 21.2 Å². The number of carboxylic acids is 2. The summed E-state index contributed by atoms with van der Waals surface area (Å²) in [7, 11) is -3.44. The number of rotatable bonds is 4. The van der Waals surface area contributed by atoms with Crippen LogP contribution in [0.25, 0.3) is 0 Å². The van der Waals surface area contributed by atoms with Crippen LogP contribution < -0.4 is 5.32 Å². The van der Waals surface area contributed by atoms with Crippen LogP contribution in [0.5, 0.6) is 0 Å². The first-order chi connectivity index (χ1) is 14.1. The molecule has 3 rings (SSSR count). The average Bonchev–Trinajstić information content (AvgIpc) is 2.71. The summed E-state index contributed by atoms with van der Waals surface area (Å²) < 4.78 is 27.9. The highest BCUT2D eigenvalue weighted by Crippen LogP contribution is 2.24. The zero-order valence-corrected chi connectivity index (χ0v) is 18.8. The minimum absolute atomic E-state index is 0.280. The van der Waals surface area contributed by atoms with Crippen molar-refractivity contribution in [1.82, 2.24) is 4.31 Å². The molecular weight excluding hydrogens is 500 g/mol. The van der Waals surface area contributed by atoms with E-state index >= 15 is 0 Å². The molecule has 0 atom stereocenters. The lowest BCUT2D eigenvalue weighted by Crippen LogP contribution is -2.42. The molecule has 2 aromatic rings. The van der Waals surface area contributed by atoms with Crippen molar-refractivity contribution < 1.29 is 28.2 Å². The molecule has 2 aromatic carbocycles. The van der Waals surface area contributed by atoms with Gasteiger partial charge in [-0.3, -0.25) is 0 Å². The van der Waals surface area contributed by atoms with E-state index in [0.717, 1.165) is 23.0 Å². The highest BCUT2D eigenvalue weighted by molar-refractivity contribution is 9.10. The molecule has 0 aliphatic carbocycles. The van der Waals surface area contributed by atoms with Crippen LogP contribution in [0.3, 0.4) is 0 Å². The van der Waals surface area contributed by atoms with Crippen LogP contribution >= 0.6 is 27.5 Å². The van der Waals surface area contributed by atoms with Gasteiger partial charge in [-0.1, -0.05) is 27.5 Å². The number of sulfonamides is 1. The van der Waals surface area contributed by atoms with Crippen LogP contribution in [0.1, 0.15) is 12.8 Å². The number of halogens is 2. The van der Waals surface area contributed by atoms with Gasteiger partial charge in [-0.25, -0.2) is 18.0 Å². The fourth-order valence-electron chi connectivity index (χ4n) is 2.78. The van der Waals surface area contributed by atoms with E-state index in [9.17, 15) is 8.42 Å². The van der Waals surface area contributed by atoms with E-state index < -0.39 is 22.0 Å². The Balaban J connectivity index is 0.000000469. The van der Waals surface area contributed by atoms with Gasteiger partial charge in [0.1, 0.15) is 0 Å². The van der Waals surface area contributed by atoms with E-state index in [0.29, 0.717) is 23.0 Å². The van der Waals surface area contributed by atoms with Gasteiger partial charge in [0.2, 0.25) is 10.0 Å². The molecule has 1 saturated heterocycles. The Hall–Kier alpha value is -2.14. The Labute approximate surface area is 187 Å². The third-order valence-electron chi connectivity index (χ3n) is 4.30. The van der Waals surface area contributed by atoms with Crippen LogP contribution in [0.2, 0.25) is 5.02 Å². The maximum Gasteiger partial charge on any atom is 0.414 e. The lowest BCUT2D eigenvalue weighted by molar-refractivity contribution is -0.159. The molecule has 0 aromatic heterocycles. The molecule has 0 spiro atoms. The molecule has 8 nitrogen and oxygen atoms in total. The second-order valence-corrected chi connectivity index (χ2v) is 9.68. The molecule has 11 heteroatoms. The van der Waals surface area contributed by atoms with Crippen molar-refractivity contribution in [2.45, 2.75) is 23.8 Å². The van der Waals surface area contributed by atoms with Gasteiger partial charge in [-0.15, -0.1) is 0 Å². The summed E-state index contributed by atoms with van der Waals surface area (Å²) in [4.78, 5) is 18.5. The number of benzene rings is 2. The summed E-state index contributed by atoms with van der Waals surface area (Å²) in [6.45, 7) is 1.03. The summed E-state index contributed by atoms with van der Waals surface area (Å²) in [6.07, 6.45) is 1.56. The van der Waals surface area contributed by atoms with Crippen LogP contribution in [-0.4, -0.2) is 54.0 Å². The zero-order chi connectivity index (χ0) is 22.3. The van der Waals surface area contributed by atoms with Gasteiger partial charge in [0, 0.05) is 34.3 Å². The molecular formula is C19H20BrClN2O6S. The predicted molar refractivity (Wildman–Crippen MR) is 116 cm³/mol. The normalized spacial score (nSPS) is 15.0. The first-order valence-electron chi connectivity index (χ1n) is 8.83. The van der Waals surface area contributed by atoms with E-state index in [-0.39, 0.29) is 6.04 Å². The lowest BCUT2D eigenvalue weighted by Gasteiger charge is -2.32. The standard InChI is InChI=1S/C17H18BrClN2O2S.C2H2O4/c18-13-1-5-15(6-2-13)20-16-9-11-21(12-10-16)24(22,23)17-7-3-14(19)4-8-17;3-1(4)2(5)6/h1-8,16,20H,9-12H2;(H,3,4)(H,5,6). The number of carboxylic acid groups (broad SMARTS) is 2. The molecule has 0 amide bonds. The Morgan fingerprint density at radius 2 is 1.47 bits per heavy atom. The van der Waals surface area contributed by atoms with Crippen molar-refractivity contribution in [3.63, 3.8) is 0 Å². The van der Waals surface area contributed by atoms with Crippen LogP contribution in [-0.2, 0) is 19.6 Å². The fraction of sp³-hybridized carbons (Fsp3) is 0.263. The topological polar surface area (TPSA) is 124 Å². The van der Waals surface area contributed by atoms with Gasteiger partial charge in [-0.05, 0) is 61.4 Å². The second-order valence-electron chi connectivity index (χ2n) is 6.39. The summed E-state index contributed by atoms with van der Waals surface area (Å²) >= 11 is 9.25. The highest BCUT2D eigenvalue weighted by atomic mass is 79.9. The van der Waals surface area contributed by atoms with Crippen molar-refractivity contribution in [3.8, 4) is 0 Å². The minimum Gasteiger partial charge on any atom is -0.473 e. The smallest absolute Gasteiger partial charge is 0.414 e. The molecule has 1 fully saturated rings. The molecule has 0 unspecified atom stereocenters. The number of hydrogen-bond acceptors (Lipinski definition) is 5. The maximum atomic E-state index is 12.7. The minimum atomic E-state index is -3.44. The fourth-order valence-corrected chi connectivity index (χ4v) is 4.64. The Kier molecular flexibility index (Phi) is 8.65. The van der Waals surface area contributed by atoms with E-state index in [1.807, 2.05) is 24.3 Å². The predicted octanol–water partition coefficient (Wildman–Crippen LogP) is 3.52. The maximum absolute atomic E-state index is 12.7. The van der Waals surface area contributed by atoms with Gasteiger partial charge in [0.25, 0.3) is 0 Å². The highest BCUT2D eigenvalue weighted by Gasteiger charge is 2.29. The quantitative estimate of drug-likeness (QED) is 0.528. The van der Waals surface area contributed by atoms with Crippen LogP contribution in [0.15, 0.2) is 57.9 Å². The molecule has 0 radical (unpaired) electrons. The summed E-state index contributed by atoms with van der Waals surface area (Å²) in [6, 6.07) is 14.6. The first-order valence-corrected chi connectivity index (χ1v) is 11.4. The van der Waals surface area contributed by atoms with Crippen LogP contribution in [0, 0.1) is 0 Å². The summed E-state index contributed by atoms with van der Waals surface area (Å²) in [5.41, 5.74) is 1.05. The molecule has 0 saturated carbocycles. The largest absolute Gasteiger partial charge is 0.473 e. The number of anilines is 1. The van der Waals surface area contributed by atoms with Gasteiger partial charge in [0.05, 0.1) is 4.90 Å². The molecule has 0 bridgehead atoms. The molecule has 30 heavy (non-hydrogen) atoms. The van der Waals surface area contributed by atoms with Crippen molar-refractivity contribution >= 4 is 55.2 Å². The molecule has 1 heterocycles. The zero-order valence-electron chi connectivity index (χ0n) is 15.7. The summed E-state index contributed by atoms with van der Waals surface area (Å²) in [5, 5.41) is 18.8. The Morgan fingerprint density at radius 1 is 0.967 bits per heavy atom. The number of piperidine rings is 1. The van der Waals surface area contributed by atoms with Gasteiger partial charge in [-0.2, -0.15) is 4.31 Å². The van der Waals surface area contributed by atoms with Crippen molar-refractivity contribution in [2.24, 2.45) is 0 Å². The van der Waals surface area contributed by atoms with Gasteiger partial charge >= 0.3 is 11.9 Å². The molecule has 162 valence electrons. The first kappa shape index (κ1) is 24.1. The van der Waals surface area contributed by atoms with Crippen molar-refractivity contribution in [2.75, 3.05) is 18.4 Å². The van der Waals surface area contributed by atoms with Crippen molar-refractivity contribution in [3.05, 3.63) is 58.0 Å². The third kappa shape index (κ3) is 6.98. The second kappa shape index (κ2) is 10.8. The van der Waals surface area contributed by atoms with Gasteiger partial charge < -0.3 is 15.5 Å². The lowest BCUT2D eigenvalue weighted by atomic mass is 10.1. The Bertz CT molecular complexity index is 963. The van der Waals surface area contributed by atoms with Crippen molar-refractivity contribution in [1.29, 1.82) is 0 Å². The van der Waals surface area contributed by atoms with Gasteiger partial charge in [0.15, 0.2) is 0 Å². The van der Waals surface area contributed by atoms with E-state index in [1.54, 1.807) is 28.6 Å². The van der Waals surface area contributed by atoms with E-state index in [1.165, 1.54) is 0 Å². The van der Waals surface area contributed by atoms with Crippen LogP contribution in [0.4, 0.5) is 5.69 Å². The number of aliphatic carboxylic acids is 2. The number of hydrogen-bond donors (Lipinski definition) is 3. The molecule has 1 aliphatic rings. The molecule has 1 aliphatic heterocycles. The monoisotopic (exact) mass is 518 g/mol. The SMILES string of the molecule is O=C(O)C(=O)O.O=S(=O)(c1ccc(Cl)cc1)N1CCC(Nc2ccc(Br)cc2)CC1. The summed E-state index contributed by atoms with van der Waals surface area (Å²) in [5.74, 6) is -3.65. The number of nitrogens with zero attached hydrogens (tertiary/aromatic N) is 1. The third-order valence-corrected chi connectivity index (χ3v) is 7.00. The Morgan fingerprint density at radius 3 is 1.93 bits per heavy atom.